The monoisotopic (exact) mass is 463 g/mol. The second-order valence-corrected chi connectivity index (χ2v) is 8.54. The van der Waals surface area contributed by atoms with Crippen LogP contribution < -0.4 is 10.6 Å². The molecule has 0 saturated heterocycles. The van der Waals surface area contributed by atoms with E-state index in [9.17, 15) is 22.8 Å². The van der Waals surface area contributed by atoms with Crippen LogP contribution in [0, 0.1) is 0 Å². The van der Waals surface area contributed by atoms with Gasteiger partial charge in [0.1, 0.15) is 5.54 Å². The number of aromatic carboxylic acids is 1. The van der Waals surface area contributed by atoms with Crippen LogP contribution in [0.25, 0.3) is 21.1 Å². The molecule has 4 N–H and O–H groups in total. The molecule has 0 aliphatic carbocycles. The highest BCUT2D eigenvalue weighted by atomic mass is 32.1. The number of anilines is 2. The summed E-state index contributed by atoms with van der Waals surface area (Å²) in [5.41, 5.74) is -1.77. The molecule has 2 aromatic carbocycles. The molecular formula is C20H16F3N5O3S. The van der Waals surface area contributed by atoms with Gasteiger partial charge in [-0.15, -0.1) is 0 Å². The lowest BCUT2D eigenvalue weighted by atomic mass is 10.0. The van der Waals surface area contributed by atoms with Crippen molar-refractivity contribution in [1.82, 2.24) is 15.2 Å². The van der Waals surface area contributed by atoms with Crippen LogP contribution >= 0.6 is 11.3 Å². The molecule has 166 valence electrons. The van der Waals surface area contributed by atoms with Crippen LogP contribution in [0.2, 0.25) is 0 Å². The van der Waals surface area contributed by atoms with Gasteiger partial charge >= 0.3 is 12.1 Å². The van der Waals surface area contributed by atoms with Crippen molar-refractivity contribution >= 4 is 55.2 Å². The van der Waals surface area contributed by atoms with E-state index in [1.807, 2.05) is 0 Å². The number of H-pyrrole nitrogens is 1. The predicted octanol–water partition coefficient (Wildman–Crippen LogP) is 4.72. The summed E-state index contributed by atoms with van der Waals surface area (Å²) < 4.78 is 40.9. The van der Waals surface area contributed by atoms with Gasteiger partial charge in [-0.3, -0.25) is 15.2 Å². The Morgan fingerprint density at radius 3 is 2.62 bits per heavy atom. The van der Waals surface area contributed by atoms with E-state index in [0.29, 0.717) is 11.1 Å². The van der Waals surface area contributed by atoms with Crippen LogP contribution in [0.3, 0.4) is 0 Å². The lowest BCUT2D eigenvalue weighted by molar-refractivity contribution is -0.136. The van der Waals surface area contributed by atoms with Gasteiger partial charge in [0.25, 0.3) is 5.91 Å². The van der Waals surface area contributed by atoms with E-state index in [1.165, 1.54) is 24.4 Å². The lowest BCUT2D eigenvalue weighted by Gasteiger charge is -2.26. The number of hydrogen-bond donors (Lipinski definition) is 4. The maximum absolute atomic E-state index is 13.5. The van der Waals surface area contributed by atoms with Gasteiger partial charge in [0, 0.05) is 11.1 Å². The summed E-state index contributed by atoms with van der Waals surface area (Å²) >= 11 is 0.910. The van der Waals surface area contributed by atoms with Gasteiger partial charge in [0.15, 0.2) is 5.13 Å². The minimum Gasteiger partial charge on any atom is -0.478 e. The third-order valence-electron chi connectivity index (χ3n) is 4.74. The predicted molar refractivity (Wildman–Crippen MR) is 114 cm³/mol. The Hall–Kier alpha value is -3.67. The number of aromatic amines is 1. The van der Waals surface area contributed by atoms with Crippen LogP contribution in [-0.2, 0) is 11.0 Å². The number of nitrogens with one attached hydrogen (secondary N) is 3. The van der Waals surface area contributed by atoms with E-state index in [4.69, 9.17) is 5.11 Å². The molecule has 2 heterocycles. The lowest BCUT2D eigenvalue weighted by Crippen LogP contribution is -2.44. The van der Waals surface area contributed by atoms with E-state index < -0.39 is 29.2 Å². The summed E-state index contributed by atoms with van der Waals surface area (Å²) in [7, 11) is 0. The van der Waals surface area contributed by atoms with E-state index in [-0.39, 0.29) is 26.4 Å². The fraction of sp³-hybridized carbons (Fsp3) is 0.200. The molecule has 0 unspecified atom stereocenters. The number of fused-ring (bicyclic) bond motifs is 3. The van der Waals surface area contributed by atoms with Gasteiger partial charge in [0.2, 0.25) is 0 Å². The van der Waals surface area contributed by atoms with E-state index in [0.717, 1.165) is 17.4 Å². The fourth-order valence-corrected chi connectivity index (χ4v) is 4.15. The Kier molecular flexibility index (Phi) is 5.04. The summed E-state index contributed by atoms with van der Waals surface area (Å²) in [6.07, 6.45) is -3.23. The van der Waals surface area contributed by atoms with Crippen molar-refractivity contribution in [1.29, 1.82) is 0 Å². The zero-order valence-electron chi connectivity index (χ0n) is 16.7. The van der Waals surface area contributed by atoms with Gasteiger partial charge in [-0.2, -0.15) is 18.3 Å². The van der Waals surface area contributed by atoms with Gasteiger partial charge < -0.3 is 10.4 Å². The first-order valence-corrected chi connectivity index (χ1v) is 10.0. The Bertz CT molecular complexity index is 1360. The number of halogens is 3. The Morgan fingerprint density at radius 2 is 1.94 bits per heavy atom. The van der Waals surface area contributed by atoms with Crippen LogP contribution in [0.5, 0.6) is 0 Å². The first-order valence-electron chi connectivity index (χ1n) is 9.22. The fourth-order valence-electron chi connectivity index (χ4n) is 3.16. The molecule has 0 fully saturated rings. The number of carboxylic acids is 1. The summed E-state index contributed by atoms with van der Waals surface area (Å²) in [6, 6.07) is 6.86. The summed E-state index contributed by atoms with van der Waals surface area (Å²) in [5.74, 6) is -1.68. The van der Waals surface area contributed by atoms with E-state index in [2.05, 4.69) is 25.8 Å². The van der Waals surface area contributed by atoms with Crippen molar-refractivity contribution in [3.05, 3.63) is 47.7 Å². The van der Waals surface area contributed by atoms with Gasteiger partial charge in [0.05, 0.1) is 33.1 Å². The second kappa shape index (κ2) is 7.48. The SMILES string of the molecule is CC(C)(Nc1cccc(C(=O)O)c1)C(=O)Nc1nc2c(C(F)(F)F)cc3[nH]ncc3c2s1. The highest BCUT2D eigenvalue weighted by Gasteiger charge is 2.36. The molecule has 32 heavy (non-hydrogen) atoms. The number of rotatable bonds is 5. The molecular weight excluding hydrogens is 447 g/mol. The number of hydrogen-bond acceptors (Lipinski definition) is 6. The van der Waals surface area contributed by atoms with Gasteiger partial charge in [-0.25, -0.2) is 9.78 Å². The summed E-state index contributed by atoms with van der Waals surface area (Å²) in [5, 5.41) is 21.4. The standard InChI is InChI=1S/C20H16F3N5O3S/c1-19(2,27-10-5-3-4-9(6-10)16(29)30)17(31)26-18-25-14-12(20(21,22)23)7-13-11(8-24-28-13)15(14)32-18/h3-8,27H,1-2H3,(H,24,28)(H,29,30)(H,25,26,31). The number of thiazole rings is 1. The molecule has 8 nitrogen and oxygen atoms in total. The normalized spacial score (nSPS) is 12.3. The van der Waals surface area contributed by atoms with Crippen LogP contribution in [-0.4, -0.2) is 37.7 Å². The summed E-state index contributed by atoms with van der Waals surface area (Å²) in [6.45, 7) is 3.11. The van der Waals surface area contributed by atoms with Gasteiger partial charge in [-0.1, -0.05) is 17.4 Å². The number of benzene rings is 2. The van der Waals surface area contributed by atoms with Crippen molar-refractivity contribution in [3.8, 4) is 0 Å². The molecule has 0 aliphatic heterocycles. The van der Waals surface area contributed by atoms with Crippen molar-refractivity contribution in [3.63, 3.8) is 0 Å². The highest BCUT2D eigenvalue weighted by Crippen LogP contribution is 2.41. The zero-order valence-corrected chi connectivity index (χ0v) is 17.5. The van der Waals surface area contributed by atoms with Crippen molar-refractivity contribution in [2.75, 3.05) is 10.6 Å². The minimum atomic E-state index is -4.64. The molecule has 0 saturated carbocycles. The van der Waals surface area contributed by atoms with E-state index >= 15 is 0 Å². The molecule has 0 aliphatic rings. The van der Waals surface area contributed by atoms with Crippen LogP contribution in [0.4, 0.5) is 24.0 Å². The molecule has 0 bridgehead atoms. The summed E-state index contributed by atoms with van der Waals surface area (Å²) in [4.78, 5) is 28.0. The third-order valence-corrected chi connectivity index (χ3v) is 5.75. The number of nitrogens with zero attached hydrogens (tertiary/aromatic N) is 2. The number of carboxylic acid groups (broad SMARTS) is 1. The molecule has 0 spiro atoms. The van der Waals surface area contributed by atoms with Crippen molar-refractivity contribution in [2.45, 2.75) is 25.6 Å². The molecule has 0 atom stereocenters. The number of amides is 1. The number of aromatic nitrogens is 3. The topological polar surface area (TPSA) is 120 Å². The largest absolute Gasteiger partial charge is 0.478 e. The maximum atomic E-state index is 13.5. The molecule has 4 rings (SSSR count). The number of alkyl halides is 3. The Morgan fingerprint density at radius 1 is 1.19 bits per heavy atom. The molecule has 12 heteroatoms. The smallest absolute Gasteiger partial charge is 0.418 e. The van der Waals surface area contributed by atoms with Crippen LogP contribution in [0.15, 0.2) is 36.5 Å². The van der Waals surface area contributed by atoms with Crippen molar-refractivity contribution < 1.29 is 27.9 Å². The first kappa shape index (κ1) is 21.6. The second-order valence-electron chi connectivity index (χ2n) is 7.54. The quantitative estimate of drug-likeness (QED) is 0.340. The average Bonchev–Trinajstić information content (AvgIpc) is 3.32. The number of carbonyl (C=O) groups is 2. The van der Waals surface area contributed by atoms with Crippen molar-refractivity contribution in [2.24, 2.45) is 0 Å². The molecule has 4 aromatic rings. The van der Waals surface area contributed by atoms with E-state index in [1.54, 1.807) is 19.9 Å². The minimum absolute atomic E-state index is 0.00152. The molecule has 2 aromatic heterocycles. The zero-order chi connectivity index (χ0) is 23.3. The number of carbonyl (C=O) groups excluding carboxylic acids is 1. The average molecular weight is 463 g/mol. The first-order chi connectivity index (χ1) is 15.0. The Labute approximate surface area is 182 Å². The van der Waals surface area contributed by atoms with Gasteiger partial charge in [-0.05, 0) is 38.1 Å². The molecule has 1 amide bonds. The molecule has 0 radical (unpaired) electrons. The van der Waals surface area contributed by atoms with Crippen LogP contribution in [0.1, 0.15) is 29.8 Å². The Balaban J connectivity index is 1.64. The maximum Gasteiger partial charge on any atom is 0.418 e. The third kappa shape index (κ3) is 3.96. The highest BCUT2D eigenvalue weighted by molar-refractivity contribution is 7.23.